The van der Waals surface area contributed by atoms with Crippen LogP contribution >= 0.6 is 11.6 Å². The summed E-state index contributed by atoms with van der Waals surface area (Å²) < 4.78 is 0. The molecule has 0 aromatic heterocycles. The van der Waals surface area contributed by atoms with Crippen molar-refractivity contribution < 1.29 is 14.8 Å². The average molecular weight is 397 g/mol. The lowest BCUT2D eigenvalue weighted by molar-refractivity contribution is -0.385. The molecule has 0 spiro atoms. The Labute approximate surface area is 166 Å². The van der Waals surface area contributed by atoms with Crippen LogP contribution in [0.3, 0.4) is 0 Å². The van der Waals surface area contributed by atoms with Crippen LogP contribution in [-0.2, 0) is 0 Å². The molecule has 1 atom stereocenters. The van der Waals surface area contributed by atoms with Gasteiger partial charge in [-0.15, -0.1) is 0 Å². The molecule has 0 aliphatic heterocycles. The summed E-state index contributed by atoms with van der Waals surface area (Å²) in [5, 5.41) is 25.0. The number of nitro groups is 1. The van der Waals surface area contributed by atoms with Crippen molar-refractivity contribution in [3.8, 4) is 0 Å². The second-order valence-electron chi connectivity index (χ2n) is 6.21. The Bertz CT molecular complexity index is 1040. The van der Waals surface area contributed by atoms with Crippen LogP contribution in [0.2, 0.25) is 5.02 Å². The van der Waals surface area contributed by atoms with E-state index in [0.717, 1.165) is 0 Å². The first kappa shape index (κ1) is 19.5. The van der Waals surface area contributed by atoms with Gasteiger partial charge in [0.25, 0.3) is 11.6 Å². The number of carbonyl (C=O) groups excluding carboxylic acids is 1. The number of benzene rings is 3. The van der Waals surface area contributed by atoms with Gasteiger partial charge in [-0.2, -0.15) is 0 Å². The summed E-state index contributed by atoms with van der Waals surface area (Å²) >= 11 is 6.08. The predicted molar refractivity (Wildman–Crippen MR) is 108 cm³/mol. The Hall–Kier alpha value is -3.22. The molecule has 0 heterocycles. The second kappa shape index (κ2) is 8.21. The standard InChI is InChI=1S/C21H17ClN2O4/c1-13-16(8-5-9-19(13)24(27)28)21(26)23-18-11-10-15(22)12-17(18)20(25)14-6-3-2-4-7-14/h2-12,20,25H,1H3,(H,23,26). The Balaban J connectivity index is 1.96. The quantitative estimate of drug-likeness (QED) is 0.474. The van der Waals surface area contributed by atoms with Crippen LogP contribution in [0.5, 0.6) is 0 Å². The summed E-state index contributed by atoms with van der Waals surface area (Å²) in [6.45, 7) is 1.52. The van der Waals surface area contributed by atoms with E-state index < -0.39 is 16.9 Å². The minimum absolute atomic E-state index is 0.131. The van der Waals surface area contributed by atoms with Crippen LogP contribution in [0.25, 0.3) is 0 Å². The molecule has 28 heavy (non-hydrogen) atoms. The number of amides is 1. The van der Waals surface area contributed by atoms with Gasteiger partial charge in [0.1, 0.15) is 6.10 Å². The van der Waals surface area contributed by atoms with Crippen LogP contribution in [0.1, 0.15) is 33.2 Å². The Morgan fingerprint density at radius 3 is 2.50 bits per heavy atom. The second-order valence-corrected chi connectivity index (χ2v) is 6.64. The topological polar surface area (TPSA) is 92.5 Å². The number of nitro benzene ring substituents is 1. The van der Waals surface area contributed by atoms with Crippen molar-refractivity contribution in [1.29, 1.82) is 0 Å². The van der Waals surface area contributed by atoms with Crippen molar-refractivity contribution >= 4 is 28.9 Å². The Morgan fingerprint density at radius 1 is 1.11 bits per heavy atom. The molecule has 0 saturated carbocycles. The third-order valence-electron chi connectivity index (χ3n) is 4.42. The fraction of sp³-hybridized carbons (Fsp3) is 0.0952. The monoisotopic (exact) mass is 396 g/mol. The van der Waals surface area contributed by atoms with Gasteiger partial charge in [0.05, 0.1) is 4.92 Å². The van der Waals surface area contributed by atoms with E-state index in [4.69, 9.17) is 11.6 Å². The highest BCUT2D eigenvalue weighted by molar-refractivity contribution is 6.30. The number of aliphatic hydroxyl groups excluding tert-OH is 1. The van der Waals surface area contributed by atoms with Crippen molar-refractivity contribution in [3.63, 3.8) is 0 Å². The lowest BCUT2D eigenvalue weighted by atomic mass is 9.99. The maximum atomic E-state index is 12.8. The first-order valence-electron chi connectivity index (χ1n) is 8.46. The number of carbonyl (C=O) groups is 1. The van der Waals surface area contributed by atoms with E-state index in [1.165, 1.54) is 25.1 Å². The molecule has 0 fully saturated rings. The molecular weight excluding hydrogens is 380 g/mol. The van der Waals surface area contributed by atoms with E-state index in [0.29, 0.717) is 21.8 Å². The minimum Gasteiger partial charge on any atom is -0.384 e. The zero-order valence-corrected chi connectivity index (χ0v) is 15.7. The number of hydrogen-bond donors (Lipinski definition) is 2. The highest BCUT2D eigenvalue weighted by atomic mass is 35.5. The highest BCUT2D eigenvalue weighted by Gasteiger charge is 2.21. The van der Waals surface area contributed by atoms with E-state index >= 15 is 0 Å². The summed E-state index contributed by atoms with van der Waals surface area (Å²) in [4.78, 5) is 23.3. The molecule has 0 bridgehead atoms. The first-order valence-corrected chi connectivity index (χ1v) is 8.84. The molecule has 142 valence electrons. The largest absolute Gasteiger partial charge is 0.384 e. The molecule has 0 saturated heterocycles. The van der Waals surface area contributed by atoms with Gasteiger partial charge in [-0.3, -0.25) is 14.9 Å². The number of rotatable bonds is 5. The molecule has 0 aliphatic carbocycles. The summed E-state index contributed by atoms with van der Waals surface area (Å²) in [6, 6.07) is 18.1. The maximum absolute atomic E-state index is 12.8. The van der Waals surface area contributed by atoms with Crippen molar-refractivity contribution in [2.75, 3.05) is 5.32 Å². The minimum atomic E-state index is -0.999. The summed E-state index contributed by atoms with van der Waals surface area (Å²) in [5.74, 6) is -0.509. The number of nitrogens with one attached hydrogen (secondary N) is 1. The molecule has 3 rings (SSSR count). The zero-order valence-electron chi connectivity index (χ0n) is 14.9. The SMILES string of the molecule is Cc1c(C(=O)Nc2ccc(Cl)cc2C(O)c2ccccc2)cccc1[N+](=O)[O-]. The average Bonchev–Trinajstić information content (AvgIpc) is 2.69. The Morgan fingerprint density at radius 2 is 1.82 bits per heavy atom. The van der Waals surface area contributed by atoms with Gasteiger partial charge < -0.3 is 10.4 Å². The maximum Gasteiger partial charge on any atom is 0.273 e. The third-order valence-corrected chi connectivity index (χ3v) is 4.65. The molecule has 2 N–H and O–H groups in total. The van der Waals surface area contributed by atoms with Gasteiger partial charge in [-0.1, -0.05) is 48.0 Å². The van der Waals surface area contributed by atoms with E-state index in [-0.39, 0.29) is 16.8 Å². The molecule has 3 aromatic carbocycles. The van der Waals surface area contributed by atoms with Crippen LogP contribution in [-0.4, -0.2) is 15.9 Å². The number of halogens is 1. The van der Waals surface area contributed by atoms with E-state index in [9.17, 15) is 20.0 Å². The summed E-state index contributed by atoms with van der Waals surface area (Å²) in [6.07, 6.45) is -0.999. The van der Waals surface area contributed by atoms with E-state index in [1.54, 1.807) is 42.5 Å². The normalized spacial score (nSPS) is 11.7. The van der Waals surface area contributed by atoms with Gasteiger partial charge in [0.15, 0.2) is 0 Å². The molecule has 7 heteroatoms. The predicted octanol–water partition coefficient (Wildman–Crippen LogP) is 4.89. The molecule has 0 aliphatic rings. The zero-order chi connectivity index (χ0) is 20.3. The number of nitrogens with zero attached hydrogens (tertiary/aromatic N) is 1. The van der Waals surface area contributed by atoms with Crippen molar-refractivity contribution in [1.82, 2.24) is 0 Å². The number of anilines is 1. The van der Waals surface area contributed by atoms with E-state index in [2.05, 4.69) is 5.32 Å². The highest BCUT2D eigenvalue weighted by Crippen LogP contribution is 2.31. The van der Waals surface area contributed by atoms with Gasteiger partial charge in [-0.05, 0) is 36.8 Å². The molecule has 3 aromatic rings. The lowest BCUT2D eigenvalue weighted by Crippen LogP contribution is -2.16. The van der Waals surface area contributed by atoms with Crippen molar-refractivity contribution in [2.45, 2.75) is 13.0 Å². The van der Waals surface area contributed by atoms with Crippen molar-refractivity contribution in [3.05, 3.63) is 104 Å². The van der Waals surface area contributed by atoms with Gasteiger partial charge in [-0.25, -0.2) is 0 Å². The van der Waals surface area contributed by atoms with Gasteiger partial charge in [0.2, 0.25) is 0 Å². The van der Waals surface area contributed by atoms with Crippen LogP contribution in [0.4, 0.5) is 11.4 Å². The molecule has 6 nitrogen and oxygen atoms in total. The van der Waals surface area contributed by atoms with Crippen LogP contribution in [0.15, 0.2) is 66.7 Å². The summed E-state index contributed by atoms with van der Waals surface area (Å²) in [7, 11) is 0. The molecular formula is C21H17ClN2O4. The van der Waals surface area contributed by atoms with Gasteiger partial charge in [0, 0.05) is 33.5 Å². The van der Waals surface area contributed by atoms with Crippen LogP contribution in [0, 0.1) is 17.0 Å². The number of hydrogen-bond acceptors (Lipinski definition) is 4. The smallest absolute Gasteiger partial charge is 0.273 e. The lowest BCUT2D eigenvalue weighted by Gasteiger charge is -2.17. The van der Waals surface area contributed by atoms with E-state index in [1.807, 2.05) is 6.07 Å². The molecule has 1 amide bonds. The molecule has 1 unspecified atom stereocenters. The first-order chi connectivity index (χ1) is 13.4. The fourth-order valence-corrected chi connectivity index (χ4v) is 3.13. The van der Waals surface area contributed by atoms with Crippen molar-refractivity contribution in [2.24, 2.45) is 0 Å². The third kappa shape index (κ3) is 4.03. The molecule has 0 radical (unpaired) electrons. The van der Waals surface area contributed by atoms with Gasteiger partial charge >= 0.3 is 0 Å². The fourth-order valence-electron chi connectivity index (χ4n) is 2.95. The number of aliphatic hydroxyl groups is 1. The summed E-state index contributed by atoms with van der Waals surface area (Å²) in [5.41, 5.74) is 1.76. The Kier molecular flexibility index (Phi) is 5.73. The van der Waals surface area contributed by atoms with Crippen LogP contribution < -0.4 is 5.32 Å².